The van der Waals surface area contributed by atoms with Gasteiger partial charge in [-0.05, 0) is 11.6 Å². The van der Waals surface area contributed by atoms with Gasteiger partial charge < -0.3 is 10.6 Å². The van der Waals surface area contributed by atoms with E-state index in [0.717, 1.165) is 38.3 Å². The quantitative estimate of drug-likeness (QED) is 0.861. The topological polar surface area (TPSA) is 44.4 Å². The Morgan fingerprint density at radius 3 is 2.70 bits per heavy atom. The maximum absolute atomic E-state index is 11.8. The zero-order valence-electron chi connectivity index (χ0n) is 11.4. The predicted molar refractivity (Wildman–Crippen MR) is 84.7 cm³/mol. The fraction of sp³-hybridized carbons (Fsp3) is 0.500. The van der Waals surface area contributed by atoms with Crippen LogP contribution in [0.4, 0.5) is 0 Å². The lowest BCUT2D eigenvalue weighted by Crippen LogP contribution is -2.46. The summed E-state index contributed by atoms with van der Waals surface area (Å²) in [4.78, 5) is 14.2. The van der Waals surface area contributed by atoms with Gasteiger partial charge in [-0.15, -0.1) is 12.4 Å². The lowest BCUT2D eigenvalue weighted by molar-refractivity contribution is -0.120. The molecule has 0 aliphatic carbocycles. The standard InChI is InChI=1S/C14H20ClN3O.ClH/c15-13-4-2-1-3-12(13)11-14(19)17-7-10-18-8-5-16-6-9-18;/h1-4,16H,5-11H2,(H,17,19);1H. The van der Waals surface area contributed by atoms with E-state index in [1.807, 2.05) is 24.3 Å². The van der Waals surface area contributed by atoms with Crippen molar-refractivity contribution < 1.29 is 4.79 Å². The van der Waals surface area contributed by atoms with E-state index < -0.39 is 0 Å². The molecule has 1 fully saturated rings. The zero-order chi connectivity index (χ0) is 13.5. The second-order valence-electron chi connectivity index (χ2n) is 4.71. The van der Waals surface area contributed by atoms with Gasteiger partial charge >= 0.3 is 0 Å². The summed E-state index contributed by atoms with van der Waals surface area (Å²) in [5.74, 6) is 0.0308. The largest absolute Gasteiger partial charge is 0.355 e. The number of amides is 1. The molecule has 0 spiro atoms. The van der Waals surface area contributed by atoms with Crippen LogP contribution in [0.2, 0.25) is 5.02 Å². The Labute approximate surface area is 131 Å². The molecule has 0 aromatic heterocycles. The highest BCUT2D eigenvalue weighted by atomic mass is 35.5. The smallest absolute Gasteiger partial charge is 0.224 e. The van der Waals surface area contributed by atoms with Gasteiger partial charge in [-0.25, -0.2) is 0 Å². The summed E-state index contributed by atoms with van der Waals surface area (Å²) in [5, 5.41) is 6.91. The summed E-state index contributed by atoms with van der Waals surface area (Å²) in [6, 6.07) is 7.46. The maximum atomic E-state index is 11.8. The average molecular weight is 318 g/mol. The average Bonchev–Trinajstić information content (AvgIpc) is 2.43. The Kier molecular flexibility index (Phi) is 7.92. The number of carbonyl (C=O) groups excluding carboxylic acids is 1. The molecule has 2 N–H and O–H groups in total. The molecule has 0 bridgehead atoms. The van der Waals surface area contributed by atoms with Gasteiger partial charge in [-0.1, -0.05) is 29.8 Å². The molecule has 2 rings (SSSR count). The number of piperazine rings is 1. The molecule has 1 heterocycles. The van der Waals surface area contributed by atoms with Gasteiger partial charge in [-0.2, -0.15) is 0 Å². The molecule has 1 aromatic carbocycles. The van der Waals surface area contributed by atoms with Crippen molar-refractivity contribution in [2.24, 2.45) is 0 Å². The van der Waals surface area contributed by atoms with Gasteiger partial charge in [0.25, 0.3) is 0 Å². The molecule has 1 aliphatic heterocycles. The third-order valence-electron chi connectivity index (χ3n) is 3.27. The predicted octanol–water partition coefficient (Wildman–Crippen LogP) is 1.33. The number of nitrogens with one attached hydrogen (secondary N) is 2. The zero-order valence-corrected chi connectivity index (χ0v) is 13.0. The Morgan fingerprint density at radius 2 is 2.00 bits per heavy atom. The monoisotopic (exact) mass is 317 g/mol. The van der Waals surface area contributed by atoms with Crippen molar-refractivity contribution in [1.82, 2.24) is 15.5 Å². The minimum atomic E-state index is 0. The van der Waals surface area contributed by atoms with Crippen molar-refractivity contribution in [1.29, 1.82) is 0 Å². The molecule has 1 aromatic rings. The van der Waals surface area contributed by atoms with Crippen LogP contribution >= 0.6 is 24.0 Å². The van der Waals surface area contributed by atoms with Crippen LogP contribution in [0.3, 0.4) is 0 Å². The van der Waals surface area contributed by atoms with Crippen molar-refractivity contribution in [3.8, 4) is 0 Å². The van der Waals surface area contributed by atoms with E-state index in [1.165, 1.54) is 0 Å². The van der Waals surface area contributed by atoms with E-state index in [0.29, 0.717) is 18.0 Å². The van der Waals surface area contributed by atoms with Crippen molar-refractivity contribution in [2.45, 2.75) is 6.42 Å². The highest BCUT2D eigenvalue weighted by Crippen LogP contribution is 2.15. The molecule has 1 saturated heterocycles. The Bertz CT molecular complexity index is 423. The van der Waals surface area contributed by atoms with E-state index in [1.54, 1.807) is 0 Å². The summed E-state index contributed by atoms with van der Waals surface area (Å²) in [5.41, 5.74) is 0.879. The van der Waals surface area contributed by atoms with E-state index >= 15 is 0 Å². The van der Waals surface area contributed by atoms with Gasteiger partial charge in [0.15, 0.2) is 0 Å². The number of hydrogen-bond acceptors (Lipinski definition) is 3. The second-order valence-corrected chi connectivity index (χ2v) is 5.12. The van der Waals surface area contributed by atoms with Crippen LogP contribution in [0, 0.1) is 0 Å². The normalized spacial score (nSPS) is 15.4. The molecule has 6 heteroatoms. The maximum Gasteiger partial charge on any atom is 0.224 e. The fourth-order valence-electron chi connectivity index (χ4n) is 2.17. The third kappa shape index (κ3) is 5.67. The van der Waals surface area contributed by atoms with Crippen LogP contribution in [0.1, 0.15) is 5.56 Å². The number of nitrogens with zero attached hydrogens (tertiary/aromatic N) is 1. The van der Waals surface area contributed by atoms with Crippen LogP contribution in [0.25, 0.3) is 0 Å². The number of rotatable bonds is 5. The first-order valence-electron chi connectivity index (χ1n) is 6.69. The van der Waals surface area contributed by atoms with E-state index in [2.05, 4.69) is 15.5 Å². The molecule has 20 heavy (non-hydrogen) atoms. The molecule has 0 atom stereocenters. The van der Waals surface area contributed by atoms with Gasteiger partial charge in [-0.3, -0.25) is 9.69 Å². The van der Waals surface area contributed by atoms with Crippen LogP contribution < -0.4 is 10.6 Å². The molecule has 0 radical (unpaired) electrons. The molecule has 0 saturated carbocycles. The summed E-state index contributed by atoms with van der Waals surface area (Å²) in [6.45, 7) is 5.79. The van der Waals surface area contributed by atoms with Crippen molar-refractivity contribution in [3.05, 3.63) is 34.9 Å². The first-order chi connectivity index (χ1) is 9.25. The third-order valence-corrected chi connectivity index (χ3v) is 3.64. The molecule has 4 nitrogen and oxygen atoms in total. The van der Waals surface area contributed by atoms with Crippen LogP contribution in [0.5, 0.6) is 0 Å². The molecular formula is C14H21Cl2N3O. The van der Waals surface area contributed by atoms with Crippen molar-refractivity contribution in [2.75, 3.05) is 39.3 Å². The van der Waals surface area contributed by atoms with Gasteiger partial charge in [0, 0.05) is 44.3 Å². The minimum absolute atomic E-state index is 0. The Balaban J connectivity index is 0.00000200. The van der Waals surface area contributed by atoms with Gasteiger partial charge in [0.05, 0.1) is 6.42 Å². The van der Waals surface area contributed by atoms with Crippen LogP contribution in [-0.4, -0.2) is 50.1 Å². The molecule has 1 amide bonds. The number of benzene rings is 1. The van der Waals surface area contributed by atoms with Crippen LogP contribution in [0.15, 0.2) is 24.3 Å². The summed E-state index contributed by atoms with van der Waals surface area (Å²) in [6.07, 6.45) is 0.348. The van der Waals surface area contributed by atoms with Gasteiger partial charge in [0.2, 0.25) is 5.91 Å². The second kappa shape index (κ2) is 9.19. The Hall–Kier alpha value is -0.810. The van der Waals surface area contributed by atoms with Crippen molar-refractivity contribution in [3.63, 3.8) is 0 Å². The van der Waals surface area contributed by atoms with E-state index in [9.17, 15) is 4.79 Å². The lowest BCUT2D eigenvalue weighted by Gasteiger charge is -2.27. The molecule has 112 valence electrons. The van der Waals surface area contributed by atoms with Crippen LogP contribution in [-0.2, 0) is 11.2 Å². The SMILES string of the molecule is Cl.O=C(Cc1ccccc1Cl)NCCN1CCNCC1. The summed E-state index contributed by atoms with van der Waals surface area (Å²) >= 11 is 6.03. The number of carbonyl (C=O) groups is 1. The number of hydrogen-bond donors (Lipinski definition) is 2. The Morgan fingerprint density at radius 1 is 1.30 bits per heavy atom. The highest BCUT2D eigenvalue weighted by Gasteiger charge is 2.10. The molecule has 1 aliphatic rings. The lowest BCUT2D eigenvalue weighted by atomic mass is 10.1. The minimum Gasteiger partial charge on any atom is -0.355 e. The molecule has 0 unspecified atom stereocenters. The highest BCUT2D eigenvalue weighted by molar-refractivity contribution is 6.31. The fourth-order valence-corrected chi connectivity index (χ4v) is 2.37. The van der Waals surface area contributed by atoms with E-state index in [4.69, 9.17) is 11.6 Å². The van der Waals surface area contributed by atoms with E-state index in [-0.39, 0.29) is 18.3 Å². The van der Waals surface area contributed by atoms with Gasteiger partial charge in [0.1, 0.15) is 0 Å². The summed E-state index contributed by atoms with van der Waals surface area (Å²) in [7, 11) is 0. The first kappa shape index (κ1) is 17.2. The number of halogens is 2. The van der Waals surface area contributed by atoms with Crippen molar-refractivity contribution >= 4 is 29.9 Å². The summed E-state index contributed by atoms with van der Waals surface area (Å²) < 4.78 is 0. The molecular weight excluding hydrogens is 297 g/mol. The first-order valence-corrected chi connectivity index (χ1v) is 7.06.